The predicted octanol–water partition coefficient (Wildman–Crippen LogP) is 2.51. The SMILES string of the molecule is CCCOc1nc(Cl)nc(Cc2nccn2CCC)n1. The molecule has 108 valence electrons. The van der Waals surface area contributed by atoms with Crippen molar-refractivity contribution in [3.63, 3.8) is 0 Å². The molecule has 20 heavy (non-hydrogen) atoms. The van der Waals surface area contributed by atoms with Crippen LogP contribution in [0, 0.1) is 0 Å². The summed E-state index contributed by atoms with van der Waals surface area (Å²) in [5, 5.41) is 0.148. The van der Waals surface area contributed by atoms with Crippen LogP contribution < -0.4 is 4.74 Å². The smallest absolute Gasteiger partial charge is 0.320 e. The molecule has 6 nitrogen and oxygen atoms in total. The highest BCUT2D eigenvalue weighted by Crippen LogP contribution is 2.12. The van der Waals surface area contributed by atoms with E-state index in [2.05, 4.69) is 31.4 Å². The van der Waals surface area contributed by atoms with Crippen molar-refractivity contribution in [2.75, 3.05) is 6.61 Å². The predicted molar refractivity (Wildman–Crippen MR) is 75.9 cm³/mol. The lowest BCUT2D eigenvalue weighted by Gasteiger charge is -2.07. The summed E-state index contributed by atoms with van der Waals surface area (Å²) in [4.78, 5) is 16.7. The van der Waals surface area contributed by atoms with Gasteiger partial charge in [0.05, 0.1) is 13.0 Å². The van der Waals surface area contributed by atoms with Crippen molar-refractivity contribution in [3.05, 3.63) is 29.3 Å². The van der Waals surface area contributed by atoms with E-state index in [0.29, 0.717) is 18.9 Å². The molecule has 0 saturated heterocycles. The molecule has 0 aliphatic heterocycles. The summed E-state index contributed by atoms with van der Waals surface area (Å²) in [6, 6.07) is 0.274. The Morgan fingerprint density at radius 2 is 2.05 bits per heavy atom. The fourth-order valence-electron chi connectivity index (χ4n) is 1.80. The van der Waals surface area contributed by atoms with Gasteiger partial charge in [0, 0.05) is 18.9 Å². The average Bonchev–Trinajstić information content (AvgIpc) is 2.84. The molecule has 7 heteroatoms. The van der Waals surface area contributed by atoms with Gasteiger partial charge in [-0.25, -0.2) is 9.97 Å². The second kappa shape index (κ2) is 7.19. The average molecular weight is 296 g/mol. The van der Waals surface area contributed by atoms with Crippen LogP contribution in [0.2, 0.25) is 5.28 Å². The van der Waals surface area contributed by atoms with Crippen LogP contribution in [0.5, 0.6) is 6.01 Å². The summed E-state index contributed by atoms with van der Waals surface area (Å²) in [6.07, 6.45) is 6.18. The highest BCUT2D eigenvalue weighted by molar-refractivity contribution is 6.28. The van der Waals surface area contributed by atoms with Crippen molar-refractivity contribution >= 4 is 11.6 Å². The van der Waals surface area contributed by atoms with E-state index in [0.717, 1.165) is 25.2 Å². The summed E-state index contributed by atoms with van der Waals surface area (Å²) in [7, 11) is 0. The number of nitrogens with zero attached hydrogens (tertiary/aromatic N) is 5. The van der Waals surface area contributed by atoms with E-state index >= 15 is 0 Å². The van der Waals surface area contributed by atoms with Crippen LogP contribution in [0.1, 0.15) is 38.3 Å². The van der Waals surface area contributed by atoms with Gasteiger partial charge in [0.15, 0.2) is 0 Å². The minimum absolute atomic E-state index is 0.148. The minimum atomic E-state index is 0.148. The second-order valence-electron chi connectivity index (χ2n) is 4.37. The monoisotopic (exact) mass is 295 g/mol. The summed E-state index contributed by atoms with van der Waals surface area (Å²) in [5.41, 5.74) is 0. The van der Waals surface area contributed by atoms with E-state index in [1.165, 1.54) is 0 Å². The zero-order valence-corrected chi connectivity index (χ0v) is 12.5. The normalized spacial score (nSPS) is 10.8. The first kappa shape index (κ1) is 14.7. The Morgan fingerprint density at radius 1 is 1.20 bits per heavy atom. The number of hydrogen-bond acceptors (Lipinski definition) is 5. The molecule has 0 N–H and O–H groups in total. The first-order valence-corrected chi connectivity index (χ1v) is 7.14. The van der Waals surface area contributed by atoms with E-state index in [1.807, 2.05) is 13.1 Å². The molecule has 0 spiro atoms. The van der Waals surface area contributed by atoms with Gasteiger partial charge < -0.3 is 9.30 Å². The Bertz CT molecular complexity index is 557. The number of rotatable bonds is 7. The van der Waals surface area contributed by atoms with Crippen LogP contribution in [0.25, 0.3) is 0 Å². The molecule has 2 heterocycles. The van der Waals surface area contributed by atoms with Crippen molar-refractivity contribution in [2.45, 2.75) is 39.7 Å². The maximum Gasteiger partial charge on any atom is 0.320 e. The first-order valence-electron chi connectivity index (χ1n) is 6.76. The summed E-state index contributed by atoms with van der Waals surface area (Å²) in [5.74, 6) is 1.48. The minimum Gasteiger partial charge on any atom is -0.463 e. The van der Waals surface area contributed by atoms with Crippen LogP contribution in [-0.4, -0.2) is 31.1 Å². The number of aromatic nitrogens is 5. The van der Waals surface area contributed by atoms with Crippen LogP contribution in [0.15, 0.2) is 12.4 Å². The number of imidazole rings is 1. The van der Waals surface area contributed by atoms with Crippen LogP contribution in [0.4, 0.5) is 0 Å². The molecule has 0 aliphatic carbocycles. The Balaban J connectivity index is 2.15. The lowest BCUT2D eigenvalue weighted by molar-refractivity contribution is 0.290. The molecular formula is C13H18ClN5O. The summed E-state index contributed by atoms with van der Waals surface area (Å²) < 4.78 is 7.49. The number of aryl methyl sites for hydroxylation is 1. The third-order valence-electron chi connectivity index (χ3n) is 2.65. The van der Waals surface area contributed by atoms with Gasteiger partial charge in [0.25, 0.3) is 0 Å². The van der Waals surface area contributed by atoms with E-state index in [4.69, 9.17) is 16.3 Å². The van der Waals surface area contributed by atoms with Gasteiger partial charge in [-0.05, 0) is 24.4 Å². The molecule has 0 aromatic carbocycles. The van der Waals surface area contributed by atoms with E-state index in [1.54, 1.807) is 6.20 Å². The fraction of sp³-hybridized carbons (Fsp3) is 0.538. The second-order valence-corrected chi connectivity index (χ2v) is 4.70. The number of ether oxygens (including phenoxy) is 1. The molecule has 0 aliphatic rings. The molecule has 2 aromatic rings. The fourth-order valence-corrected chi connectivity index (χ4v) is 1.97. The largest absolute Gasteiger partial charge is 0.463 e. The highest BCUT2D eigenvalue weighted by atomic mass is 35.5. The molecule has 0 amide bonds. The van der Waals surface area contributed by atoms with Gasteiger partial charge in [-0.15, -0.1) is 0 Å². The third-order valence-corrected chi connectivity index (χ3v) is 2.82. The zero-order valence-electron chi connectivity index (χ0n) is 11.7. The van der Waals surface area contributed by atoms with E-state index in [-0.39, 0.29) is 11.3 Å². The van der Waals surface area contributed by atoms with Crippen molar-refractivity contribution in [2.24, 2.45) is 0 Å². The van der Waals surface area contributed by atoms with Gasteiger partial charge in [0.1, 0.15) is 11.6 Å². The Morgan fingerprint density at radius 3 is 2.80 bits per heavy atom. The molecule has 0 unspecified atom stereocenters. The summed E-state index contributed by atoms with van der Waals surface area (Å²) >= 11 is 5.90. The van der Waals surface area contributed by atoms with Crippen LogP contribution in [0.3, 0.4) is 0 Å². The lowest BCUT2D eigenvalue weighted by atomic mass is 10.3. The molecule has 0 radical (unpaired) electrons. The number of halogens is 1. The van der Waals surface area contributed by atoms with Crippen LogP contribution in [-0.2, 0) is 13.0 Å². The topological polar surface area (TPSA) is 65.7 Å². The third kappa shape index (κ3) is 3.90. The summed E-state index contributed by atoms with van der Waals surface area (Å²) in [6.45, 7) is 5.63. The van der Waals surface area contributed by atoms with Gasteiger partial charge in [-0.2, -0.15) is 9.97 Å². The van der Waals surface area contributed by atoms with Crippen molar-refractivity contribution in [1.82, 2.24) is 24.5 Å². The van der Waals surface area contributed by atoms with Crippen molar-refractivity contribution in [1.29, 1.82) is 0 Å². The Labute approximate surface area is 123 Å². The first-order chi connectivity index (χ1) is 9.72. The van der Waals surface area contributed by atoms with Gasteiger partial charge >= 0.3 is 6.01 Å². The van der Waals surface area contributed by atoms with Gasteiger partial charge in [0.2, 0.25) is 5.28 Å². The molecule has 0 saturated carbocycles. The maximum absolute atomic E-state index is 5.90. The van der Waals surface area contributed by atoms with E-state index < -0.39 is 0 Å². The van der Waals surface area contributed by atoms with Gasteiger partial charge in [-0.3, -0.25) is 0 Å². The van der Waals surface area contributed by atoms with Crippen LogP contribution >= 0.6 is 11.6 Å². The molecule has 0 atom stereocenters. The number of hydrogen-bond donors (Lipinski definition) is 0. The van der Waals surface area contributed by atoms with Gasteiger partial charge in [-0.1, -0.05) is 13.8 Å². The van der Waals surface area contributed by atoms with E-state index in [9.17, 15) is 0 Å². The van der Waals surface area contributed by atoms with Crippen molar-refractivity contribution < 1.29 is 4.74 Å². The highest BCUT2D eigenvalue weighted by Gasteiger charge is 2.10. The Hall–Kier alpha value is -1.69. The standard InChI is InChI=1S/C13H18ClN5O/c1-3-6-19-7-5-15-11(19)9-10-16-12(14)18-13(17-10)20-8-4-2/h5,7H,3-4,6,8-9H2,1-2H3. The molecule has 2 aromatic heterocycles. The molecule has 0 fully saturated rings. The molecule has 2 rings (SSSR count). The zero-order chi connectivity index (χ0) is 14.4. The maximum atomic E-state index is 5.90. The quantitative estimate of drug-likeness (QED) is 0.785. The van der Waals surface area contributed by atoms with Crippen molar-refractivity contribution in [3.8, 4) is 6.01 Å². The lowest BCUT2D eigenvalue weighted by Crippen LogP contribution is -2.08. The Kier molecular flexibility index (Phi) is 5.29. The molecular weight excluding hydrogens is 278 g/mol. The molecule has 0 bridgehead atoms.